The number of nitrogens with zero attached hydrogens (tertiary/aromatic N) is 1. The molecule has 0 bridgehead atoms. The van der Waals surface area contributed by atoms with E-state index in [1.807, 2.05) is 0 Å². The third-order valence-corrected chi connectivity index (χ3v) is 4.68. The van der Waals surface area contributed by atoms with E-state index in [0.717, 1.165) is 0 Å². The molecule has 0 aliphatic rings. The number of para-hydroxylation sites is 1. The summed E-state index contributed by atoms with van der Waals surface area (Å²) in [7, 11) is 4.45. The molecule has 0 aliphatic carbocycles. The number of benzene rings is 3. The number of amides is 2. The van der Waals surface area contributed by atoms with Crippen LogP contribution in [0.4, 0.5) is 5.69 Å². The molecule has 0 spiro atoms. The van der Waals surface area contributed by atoms with E-state index in [-0.39, 0.29) is 11.4 Å². The van der Waals surface area contributed by atoms with Gasteiger partial charge in [-0.25, -0.2) is 10.2 Å². The first kappa shape index (κ1) is 24.8. The Morgan fingerprint density at radius 2 is 1.46 bits per heavy atom. The molecule has 0 aromatic heterocycles. The van der Waals surface area contributed by atoms with Crippen LogP contribution in [0, 0.1) is 0 Å². The van der Waals surface area contributed by atoms with Crippen LogP contribution in [0.15, 0.2) is 71.8 Å². The number of nitrogens with one attached hydrogen (secondary N) is 2. The Kier molecular flexibility index (Phi) is 8.38. The van der Waals surface area contributed by atoms with Crippen LogP contribution in [0.1, 0.15) is 15.9 Å². The van der Waals surface area contributed by atoms with E-state index in [0.29, 0.717) is 28.4 Å². The number of rotatable bonds is 8. The third-order valence-electron chi connectivity index (χ3n) is 4.68. The molecule has 10 nitrogen and oxygen atoms in total. The predicted octanol–water partition coefficient (Wildman–Crippen LogP) is 3.02. The Bertz CT molecular complexity index is 1240. The van der Waals surface area contributed by atoms with Crippen LogP contribution in [0.2, 0.25) is 0 Å². The lowest BCUT2D eigenvalue weighted by molar-refractivity contribution is -0.136. The van der Waals surface area contributed by atoms with Crippen molar-refractivity contribution in [1.29, 1.82) is 0 Å². The zero-order chi connectivity index (χ0) is 25.2. The number of carbonyl (C=O) groups is 3. The van der Waals surface area contributed by atoms with Crippen molar-refractivity contribution in [2.24, 2.45) is 5.10 Å². The van der Waals surface area contributed by atoms with Crippen LogP contribution in [0.3, 0.4) is 0 Å². The van der Waals surface area contributed by atoms with E-state index < -0.39 is 17.8 Å². The number of ether oxygens (including phenoxy) is 4. The molecule has 2 N–H and O–H groups in total. The molecule has 3 aromatic carbocycles. The van der Waals surface area contributed by atoms with Crippen molar-refractivity contribution in [2.45, 2.75) is 0 Å². The third kappa shape index (κ3) is 6.57. The molecule has 35 heavy (non-hydrogen) atoms. The fourth-order valence-corrected chi connectivity index (χ4v) is 2.86. The SMILES string of the molecule is COc1ccc(C(=O)Oc2ccccc2/C=N/NC(=O)C(=O)Nc2ccc(OC)cc2OC)cc1. The zero-order valence-electron chi connectivity index (χ0n) is 19.2. The number of hydrogen-bond acceptors (Lipinski definition) is 8. The fourth-order valence-electron chi connectivity index (χ4n) is 2.86. The summed E-state index contributed by atoms with van der Waals surface area (Å²) >= 11 is 0. The minimum absolute atomic E-state index is 0.221. The van der Waals surface area contributed by atoms with Gasteiger partial charge in [0.15, 0.2) is 0 Å². The van der Waals surface area contributed by atoms with Crippen molar-refractivity contribution in [3.8, 4) is 23.0 Å². The van der Waals surface area contributed by atoms with Gasteiger partial charge < -0.3 is 24.3 Å². The largest absolute Gasteiger partial charge is 0.497 e. The van der Waals surface area contributed by atoms with E-state index in [2.05, 4.69) is 15.8 Å². The molecule has 0 heterocycles. The van der Waals surface area contributed by atoms with Gasteiger partial charge in [0.25, 0.3) is 0 Å². The minimum Gasteiger partial charge on any atom is -0.497 e. The van der Waals surface area contributed by atoms with Gasteiger partial charge in [0.2, 0.25) is 0 Å². The highest BCUT2D eigenvalue weighted by molar-refractivity contribution is 6.39. The quantitative estimate of drug-likeness (QED) is 0.168. The summed E-state index contributed by atoms with van der Waals surface area (Å²) in [6.45, 7) is 0. The van der Waals surface area contributed by atoms with E-state index >= 15 is 0 Å². The highest BCUT2D eigenvalue weighted by atomic mass is 16.5. The lowest BCUT2D eigenvalue weighted by Crippen LogP contribution is -2.32. The van der Waals surface area contributed by atoms with Crippen LogP contribution in [0.25, 0.3) is 0 Å². The van der Waals surface area contributed by atoms with Gasteiger partial charge in [0, 0.05) is 11.6 Å². The highest BCUT2D eigenvalue weighted by Crippen LogP contribution is 2.28. The number of hydrazone groups is 1. The molecule has 0 saturated heterocycles. The summed E-state index contributed by atoms with van der Waals surface area (Å²) < 4.78 is 20.8. The van der Waals surface area contributed by atoms with Crippen molar-refractivity contribution in [3.63, 3.8) is 0 Å². The number of carbonyl (C=O) groups excluding carboxylic acids is 3. The second-order valence-electron chi connectivity index (χ2n) is 6.88. The normalized spacial score (nSPS) is 10.4. The van der Waals surface area contributed by atoms with E-state index in [9.17, 15) is 14.4 Å². The topological polar surface area (TPSA) is 125 Å². The molecule has 0 saturated carbocycles. The van der Waals surface area contributed by atoms with Gasteiger partial charge in [0.1, 0.15) is 23.0 Å². The number of anilines is 1. The minimum atomic E-state index is -1.01. The molecule has 180 valence electrons. The first-order valence-corrected chi connectivity index (χ1v) is 10.3. The molecule has 0 unspecified atom stereocenters. The molecule has 0 radical (unpaired) electrons. The van der Waals surface area contributed by atoms with Gasteiger partial charge in [-0.05, 0) is 48.5 Å². The summed E-state index contributed by atoms with van der Waals surface area (Å²) in [6.07, 6.45) is 1.26. The van der Waals surface area contributed by atoms with E-state index in [1.165, 1.54) is 27.5 Å². The van der Waals surface area contributed by atoms with Crippen LogP contribution in [0.5, 0.6) is 23.0 Å². The Hall–Kier alpha value is -4.86. The zero-order valence-corrected chi connectivity index (χ0v) is 19.2. The van der Waals surface area contributed by atoms with Gasteiger partial charge >= 0.3 is 17.8 Å². The van der Waals surface area contributed by atoms with Crippen molar-refractivity contribution < 1.29 is 33.3 Å². The average molecular weight is 477 g/mol. The first-order chi connectivity index (χ1) is 16.9. The molecule has 10 heteroatoms. The molecule has 0 fully saturated rings. The smallest absolute Gasteiger partial charge is 0.343 e. The maximum Gasteiger partial charge on any atom is 0.343 e. The standard InChI is InChI=1S/C25H23N3O7/c1-32-18-10-8-16(9-11-18)25(31)35-21-7-5-4-6-17(21)15-26-28-24(30)23(29)27-20-13-12-19(33-2)14-22(20)34-3/h4-15H,1-3H3,(H,27,29)(H,28,30)/b26-15+. The summed E-state index contributed by atoms with van der Waals surface area (Å²) in [5.41, 5.74) is 3.16. The van der Waals surface area contributed by atoms with Gasteiger partial charge in [-0.1, -0.05) is 12.1 Å². The molecule has 0 atom stereocenters. The van der Waals surface area contributed by atoms with E-state index in [4.69, 9.17) is 18.9 Å². The van der Waals surface area contributed by atoms with Gasteiger partial charge in [-0.3, -0.25) is 9.59 Å². The second kappa shape index (κ2) is 11.8. The fraction of sp³-hybridized carbons (Fsp3) is 0.120. The lowest BCUT2D eigenvalue weighted by atomic mass is 10.2. The maximum atomic E-state index is 12.5. The van der Waals surface area contributed by atoms with Gasteiger partial charge in [-0.15, -0.1) is 0 Å². The second-order valence-corrected chi connectivity index (χ2v) is 6.88. The molecule has 3 aromatic rings. The number of methoxy groups -OCH3 is 3. The average Bonchev–Trinajstić information content (AvgIpc) is 2.89. The number of hydrogen-bond donors (Lipinski definition) is 2. The number of esters is 1. The van der Waals surface area contributed by atoms with Crippen molar-refractivity contribution in [2.75, 3.05) is 26.6 Å². The molecule has 3 rings (SSSR count). The van der Waals surface area contributed by atoms with Crippen molar-refractivity contribution in [3.05, 3.63) is 77.9 Å². The first-order valence-electron chi connectivity index (χ1n) is 10.3. The van der Waals surface area contributed by atoms with Gasteiger partial charge in [0.05, 0.1) is 38.8 Å². The highest BCUT2D eigenvalue weighted by Gasteiger charge is 2.16. The maximum absolute atomic E-state index is 12.5. The summed E-state index contributed by atoms with van der Waals surface area (Å²) in [6, 6.07) is 17.8. The van der Waals surface area contributed by atoms with Crippen LogP contribution < -0.4 is 29.7 Å². The van der Waals surface area contributed by atoms with Crippen LogP contribution in [-0.2, 0) is 9.59 Å². The van der Waals surface area contributed by atoms with E-state index in [1.54, 1.807) is 66.7 Å². The van der Waals surface area contributed by atoms with Crippen molar-refractivity contribution >= 4 is 29.7 Å². The Morgan fingerprint density at radius 3 is 2.14 bits per heavy atom. The van der Waals surface area contributed by atoms with Crippen molar-refractivity contribution in [1.82, 2.24) is 5.43 Å². The van der Waals surface area contributed by atoms with Gasteiger partial charge in [-0.2, -0.15) is 5.10 Å². The molecular weight excluding hydrogens is 454 g/mol. The molecular formula is C25H23N3O7. The summed E-state index contributed by atoms with van der Waals surface area (Å²) in [5.74, 6) is -0.859. The summed E-state index contributed by atoms with van der Waals surface area (Å²) in [4.78, 5) is 36.8. The monoisotopic (exact) mass is 477 g/mol. The predicted molar refractivity (Wildman–Crippen MR) is 128 cm³/mol. The molecule has 2 amide bonds. The van der Waals surface area contributed by atoms with Crippen LogP contribution >= 0.6 is 0 Å². The Balaban J connectivity index is 1.62. The summed E-state index contributed by atoms with van der Waals surface area (Å²) in [5, 5.41) is 6.23. The van der Waals surface area contributed by atoms with Crippen LogP contribution in [-0.4, -0.2) is 45.3 Å². The lowest BCUT2D eigenvalue weighted by Gasteiger charge is -2.11. The Labute approximate surface area is 201 Å². The molecule has 0 aliphatic heterocycles. The Morgan fingerprint density at radius 1 is 0.771 bits per heavy atom.